The molecular weight excluding hydrogens is 148 g/mol. The first-order chi connectivity index (χ1) is 5.90. The van der Waals surface area contributed by atoms with Crippen LogP contribution in [0.25, 0.3) is 4.85 Å². The van der Waals surface area contributed by atoms with Gasteiger partial charge in [0.05, 0.1) is 0 Å². The van der Waals surface area contributed by atoms with E-state index in [0.29, 0.717) is 5.92 Å². The zero-order valence-corrected chi connectivity index (χ0v) is 7.50. The Morgan fingerprint density at radius 3 is 2.33 bits per heavy atom. The molecule has 12 heavy (non-hydrogen) atoms. The number of likely N-dealkylation sites (tertiary alicyclic amines) is 1. The minimum Gasteiger partial charge on any atom is -0.317 e. The van der Waals surface area contributed by atoms with E-state index in [4.69, 9.17) is 6.57 Å². The zero-order valence-electron chi connectivity index (χ0n) is 7.50. The molecule has 0 radical (unpaired) electrons. The van der Waals surface area contributed by atoms with Crippen molar-refractivity contribution in [1.29, 1.82) is 0 Å². The zero-order chi connectivity index (χ0) is 8.39. The number of piperidine rings is 1. The molecule has 1 aliphatic heterocycles. The maximum atomic E-state index is 6.80. The van der Waals surface area contributed by atoms with Crippen LogP contribution in [0, 0.1) is 12.5 Å². The van der Waals surface area contributed by atoms with Gasteiger partial charge in [0.25, 0.3) is 0 Å². The van der Waals surface area contributed by atoms with Gasteiger partial charge in [-0.05, 0) is 38.8 Å². The van der Waals surface area contributed by atoms with Crippen molar-refractivity contribution < 1.29 is 0 Å². The molecule has 1 saturated carbocycles. The van der Waals surface area contributed by atoms with E-state index < -0.39 is 0 Å². The van der Waals surface area contributed by atoms with Crippen molar-refractivity contribution in [3.63, 3.8) is 0 Å². The third kappa shape index (κ3) is 1.78. The van der Waals surface area contributed by atoms with Crippen molar-refractivity contribution in [2.75, 3.05) is 19.6 Å². The highest BCUT2D eigenvalue weighted by atomic mass is 15.2. The van der Waals surface area contributed by atoms with Gasteiger partial charge in [0.15, 0.2) is 0 Å². The van der Waals surface area contributed by atoms with E-state index >= 15 is 0 Å². The quantitative estimate of drug-likeness (QED) is 0.564. The Morgan fingerprint density at radius 1 is 1.17 bits per heavy atom. The van der Waals surface area contributed by atoms with Crippen LogP contribution in [0.1, 0.15) is 25.7 Å². The Morgan fingerprint density at radius 2 is 1.83 bits per heavy atom. The molecule has 1 aliphatic carbocycles. The number of rotatable bonds is 2. The molecular formula is C10H16N2. The molecule has 66 valence electrons. The largest absolute Gasteiger partial charge is 0.317 e. The van der Waals surface area contributed by atoms with Gasteiger partial charge in [0.1, 0.15) is 0 Å². The van der Waals surface area contributed by atoms with Crippen LogP contribution in [0.4, 0.5) is 0 Å². The van der Waals surface area contributed by atoms with Crippen LogP contribution in [0.15, 0.2) is 0 Å². The molecule has 0 spiro atoms. The third-order valence-corrected chi connectivity index (χ3v) is 3.06. The summed E-state index contributed by atoms with van der Waals surface area (Å²) in [7, 11) is 0. The van der Waals surface area contributed by atoms with Gasteiger partial charge in [-0.15, -0.1) is 0 Å². The third-order valence-electron chi connectivity index (χ3n) is 3.06. The summed E-state index contributed by atoms with van der Waals surface area (Å²) in [6.07, 6.45) is 5.37. The minimum absolute atomic E-state index is 0.706. The molecule has 0 unspecified atom stereocenters. The molecule has 2 heteroatoms. The van der Waals surface area contributed by atoms with Crippen molar-refractivity contribution in [2.45, 2.75) is 31.7 Å². The molecule has 2 aliphatic rings. The van der Waals surface area contributed by atoms with Gasteiger partial charge in [-0.3, -0.25) is 0 Å². The van der Waals surface area contributed by atoms with E-state index in [-0.39, 0.29) is 0 Å². The van der Waals surface area contributed by atoms with E-state index in [9.17, 15) is 0 Å². The van der Waals surface area contributed by atoms with Gasteiger partial charge < -0.3 is 9.74 Å². The fourth-order valence-corrected chi connectivity index (χ4v) is 2.07. The normalized spacial score (nSPS) is 26.9. The average molecular weight is 164 g/mol. The fourth-order valence-electron chi connectivity index (χ4n) is 2.07. The Kier molecular flexibility index (Phi) is 2.32. The van der Waals surface area contributed by atoms with E-state index in [1.165, 1.54) is 38.8 Å². The van der Waals surface area contributed by atoms with Gasteiger partial charge in [0, 0.05) is 12.0 Å². The summed E-state index contributed by atoms with van der Waals surface area (Å²) in [6.45, 7) is 10.1. The molecule has 1 saturated heterocycles. The van der Waals surface area contributed by atoms with Crippen LogP contribution in [-0.4, -0.2) is 30.6 Å². The van der Waals surface area contributed by atoms with Gasteiger partial charge in [-0.1, -0.05) is 0 Å². The van der Waals surface area contributed by atoms with Crippen LogP contribution >= 0.6 is 0 Å². The number of hydrogen-bond acceptors (Lipinski definition) is 1. The number of nitrogens with zero attached hydrogens (tertiary/aromatic N) is 2. The molecule has 2 rings (SSSR count). The molecule has 0 amide bonds. The second-order valence-corrected chi connectivity index (χ2v) is 4.05. The highest BCUT2D eigenvalue weighted by Gasteiger charge is 2.32. The second kappa shape index (κ2) is 3.45. The van der Waals surface area contributed by atoms with Crippen molar-refractivity contribution in [3.8, 4) is 0 Å². The molecule has 2 fully saturated rings. The molecule has 0 aromatic rings. The molecule has 0 aromatic heterocycles. The van der Waals surface area contributed by atoms with Crippen molar-refractivity contribution in [3.05, 3.63) is 11.4 Å². The lowest BCUT2D eigenvalue weighted by Gasteiger charge is -2.29. The summed E-state index contributed by atoms with van der Waals surface area (Å²) in [5.41, 5.74) is 0. The highest BCUT2D eigenvalue weighted by Crippen LogP contribution is 2.30. The molecule has 2 nitrogen and oxygen atoms in total. The van der Waals surface area contributed by atoms with Crippen molar-refractivity contribution in [2.24, 2.45) is 5.92 Å². The smallest absolute Gasteiger partial charge is 0.217 e. The van der Waals surface area contributed by atoms with Gasteiger partial charge in [0.2, 0.25) is 6.54 Å². The van der Waals surface area contributed by atoms with E-state index in [1.807, 2.05) is 0 Å². The molecule has 0 atom stereocenters. The van der Waals surface area contributed by atoms with E-state index in [1.54, 1.807) is 0 Å². The second-order valence-electron chi connectivity index (χ2n) is 4.05. The molecule has 0 bridgehead atoms. The average Bonchev–Trinajstić information content (AvgIpc) is 2.89. The SMILES string of the molecule is [C-]#[N+]CC1CCN(C2CC2)CC1. The maximum Gasteiger partial charge on any atom is 0.217 e. The van der Waals surface area contributed by atoms with Gasteiger partial charge in [-0.25, -0.2) is 6.57 Å². The molecule has 1 heterocycles. The Balaban J connectivity index is 1.73. The fraction of sp³-hybridized carbons (Fsp3) is 0.900. The Bertz CT molecular complexity index is 183. The summed E-state index contributed by atoms with van der Waals surface area (Å²) in [5, 5.41) is 0. The topological polar surface area (TPSA) is 7.60 Å². The summed E-state index contributed by atoms with van der Waals surface area (Å²) < 4.78 is 0. The summed E-state index contributed by atoms with van der Waals surface area (Å²) in [4.78, 5) is 6.09. The predicted octanol–water partition coefficient (Wildman–Crippen LogP) is 1.78. The first kappa shape index (κ1) is 8.07. The Hall–Kier alpha value is -0.550. The predicted molar refractivity (Wildman–Crippen MR) is 48.8 cm³/mol. The first-order valence-corrected chi connectivity index (χ1v) is 4.97. The monoisotopic (exact) mass is 164 g/mol. The molecule has 0 N–H and O–H groups in total. The first-order valence-electron chi connectivity index (χ1n) is 4.97. The lowest BCUT2D eigenvalue weighted by Crippen LogP contribution is -2.35. The summed E-state index contributed by atoms with van der Waals surface area (Å²) in [6, 6.07) is 0.930. The van der Waals surface area contributed by atoms with E-state index in [0.717, 1.165) is 12.6 Å². The lowest BCUT2D eigenvalue weighted by molar-refractivity contribution is 0.183. The Labute approximate surface area is 74.4 Å². The minimum atomic E-state index is 0.706. The van der Waals surface area contributed by atoms with Crippen LogP contribution in [0.2, 0.25) is 0 Å². The van der Waals surface area contributed by atoms with Gasteiger partial charge >= 0.3 is 0 Å². The lowest BCUT2D eigenvalue weighted by atomic mass is 9.97. The van der Waals surface area contributed by atoms with E-state index in [2.05, 4.69) is 9.74 Å². The number of hydrogen-bond donors (Lipinski definition) is 0. The molecule has 0 aromatic carbocycles. The summed E-state index contributed by atoms with van der Waals surface area (Å²) >= 11 is 0. The summed E-state index contributed by atoms with van der Waals surface area (Å²) in [5.74, 6) is 0.706. The van der Waals surface area contributed by atoms with Crippen LogP contribution in [0.5, 0.6) is 0 Å². The van der Waals surface area contributed by atoms with Crippen LogP contribution in [-0.2, 0) is 0 Å². The van der Waals surface area contributed by atoms with Crippen molar-refractivity contribution in [1.82, 2.24) is 4.90 Å². The standard InChI is InChI=1S/C10H16N2/c1-11-8-9-4-6-12(7-5-9)10-2-3-10/h9-10H,2-8H2. The van der Waals surface area contributed by atoms with Crippen molar-refractivity contribution >= 4 is 0 Å². The van der Waals surface area contributed by atoms with Gasteiger partial charge in [-0.2, -0.15) is 0 Å². The van der Waals surface area contributed by atoms with Crippen LogP contribution < -0.4 is 0 Å². The highest BCUT2D eigenvalue weighted by molar-refractivity contribution is 4.88. The maximum absolute atomic E-state index is 6.80. The van der Waals surface area contributed by atoms with Crippen LogP contribution in [0.3, 0.4) is 0 Å².